The highest BCUT2D eigenvalue weighted by atomic mass is 32.1. The second kappa shape index (κ2) is 8.35. The lowest BCUT2D eigenvalue weighted by atomic mass is 9.92. The van der Waals surface area contributed by atoms with Gasteiger partial charge in [0.15, 0.2) is 0 Å². The quantitative estimate of drug-likeness (QED) is 0.696. The highest BCUT2D eigenvalue weighted by molar-refractivity contribution is 7.00. The monoisotopic (exact) mass is 396 g/mol. The van der Waals surface area contributed by atoms with Crippen molar-refractivity contribution in [1.82, 2.24) is 14.1 Å². The molecule has 1 aromatic heterocycles. The zero-order valence-electron chi connectivity index (χ0n) is 15.1. The first-order chi connectivity index (χ1) is 13.7. The summed E-state index contributed by atoms with van der Waals surface area (Å²) in [5.41, 5.74) is 2.77. The Morgan fingerprint density at radius 1 is 1.04 bits per heavy atom. The average molecular weight is 396 g/mol. The summed E-state index contributed by atoms with van der Waals surface area (Å²) in [6.07, 6.45) is 2.48. The number of nitrogens with zero attached hydrogens (tertiary/aromatic N) is 2. The van der Waals surface area contributed by atoms with Crippen LogP contribution in [0.4, 0.5) is 10.5 Å². The smallest absolute Gasteiger partial charge is 0.411 e. The minimum atomic E-state index is -0.468. The molecule has 0 spiro atoms. The molecule has 28 heavy (non-hydrogen) atoms. The van der Waals surface area contributed by atoms with Gasteiger partial charge >= 0.3 is 6.09 Å². The van der Waals surface area contributed by atoms with Gasteiger partial charge in [0.05, 0.1) is 11.7 Å². The molecule has 2 atom stereocenters. The summed E-state index contributed by atoms with van der Waals surface area (Å²) in [5.74, 6) is -0.144. The summed E-state index contributed by atoms with van der Waals surface area (Å²) in [5, 5.41) is 5.77. The van der Waals surface area contributed by atoms with Gasteiger partial charge in [-0.1, -0.05) is 18.2 Å². The van der Waals surface area contributed by atoms with Crippen molar-refractivity contribution in [2.75, 3.05) is 5.32 Å². The van der Waals surface area contributed by atoms with Gasteiger partial charge < -0.3 is 10.1 Å². The van der Waals surface area contributed by atoms with E-state index in [0.717, 1.165) is 42.0 Å². The van der Waals surface area contributed by atoms with E-state index in [1.165, 1.54) is 0 Å². The van der Waals surface area contributed by atoms with Gasteiger partial charge in [0.1, 0.15) is 17.1 Å². The molecule has 2 aromatic carbocycles. The first kappa shape index (κ1) is 18.4. The Morgan fingerprint density at radius 2 is 1.86 bits per heavy atom. The number of para-hydroxylation sites is 1. The number of anilines is 1. The summed E-state index contributed by atoms with van der Waals surface area (Å²) in [6.45, 7) is 0. The van der Waals surface area contributed by atoms with E-state index >= 15 is 0 Å². The van der Waals surface area contributed by atoms with Gasteiger partial charge in [-0.05, 0) is 49.6 Å². The second-order valence-electron chi connectivity index (χ2n) is 6.82. The molecule has 2 amide bonds. The molecule has 0 aliphatic heterocycles. The molecule has 8 heteroatoms. The third-order valence-electron chi connectivity index (χ3n) is 4.77. The van der Waals surface area contributed by atoms with Gasteiger partial charge in [-0.3, -0.25) is 10.1 Å². The number of amides is 2. The topological polar surface area (TPSA) is 93.2 Å². The number of benzene rings is 2. The first-order valence-corrected chi connectivity index (χ1v) is 9.96. The molecule has 0 bridgehead atoms. The molecule has 1 heterocycles. The van der Waals surface area contributed by atoms with E-state index in [2.05, 4.69) is 19.4 Å². The van der Waals surface area contributed by atoms with Crippen LogP contribution in [-0.2, 0) is 4.74 Å². The van der Waals surface area contributed by atoms with Gasteiger partial charge in [-0.2, -0.15) is 8.75 Å². The van der Waals surface area contributed by atoms with Crippen LogP contribution in [0.3, 0.4) is 0 Å². The van der Waals surface area contributed by atoms with Crippen molar-refractivity contribution in [3.63, 3.8) is 0 Å². The molecular weight excluding hydrogens is 376 g/mol. The van der Waals surface area contributed by atoms with Crippen LogP contribution in [-0.4, -0.2) is 32.9 Å². The lowest BCUT2D eigenvalue weighted by molar-refractivity contribution is 0.0712. The van der Waals surface area contributed by atoms with E-state index < -0.39 is 6.09 Å². The lowest BCUT2D eigenvalue weighted by Crippen LogP contribution is -2.41. The van der Waals surface area contributed by atoms with Crippen LogP contribution in [0.1, 0.15) is 36.0 Å². The van der Waals surface area contributed by atoms with Crippen molar-refractivity contribution < 1.29 is 14.3 Å². The Hall–Kier alpha value is -3.00. The molecule has 0 radical (unpaired) electrons. The Balaban J connectivity index is 1.31. The third-order valence-corrected chi connectivity index (χ3v) is 5.33. The Morgan fingerprint density at radius 3 is 2.71 bits per heavy atom. The SMILES string of the molecule is O=C(Nc1ccccc1)O[C@H]1CCC[C@@H](NC(=O)c2ccc3nsnc3c2)C1. The van der Waals surface area contributed by atoms with Crippen LogP contribution in [0.25, 0.3) is 11.0 Å². The van der Waals surface area contributed by atoms with E-state index in [1.807, 2.05) is 18.2 Å². The number of hydrogen-bond acceptors (Lipinski definition) is 6. The van der Waals surface area contributed by atoms with Crippen molar-refractivity contribution >= 4 is 40.4 Å². The van der Waals surface area contributed by atoms with Crippen molar-refractivity contribution in [1.29, 1.82) is 0 Å². The van der Waals surface area contributed by atoms with Crippen molar-refractivity contribution in [2.45, 2.75) is 37.8 Å². The van der Waals surface area contributed by atoms with Crippen molar-refractivity contribution in [3.8, 4) is 0 Å². The maximum absolute atomic E-state index is 12.6. The molecular formula is C20H20N4O3S. The number of carbonyl (C=O) groups excluding carboxylic acids is 2. The van der Waals surface area contributed by atoms with Crippen molar-refractivity contribution in [2.24, 2.45) is 0 Å². The number of aromatic nitrogens is 2. The van der Waals surface area contributed by atoms with Crippen LogP contribution in [0.2, 0.25) is 0 Å². The van der Waals surface area contributed by atoms with Crippen molar-refractivity contribution in [3.05, 3.63) is 54.1 Å². The molecule has 144 valence electrons. The zero-order valence-corrected chi connectivity index (χ0v) is 15.9. The van der Waals surface area contributed by atoms with E-state index in [1.54, 1.807) is 30.3 Å². The summed E-state index contributed by atoms with van der Waals surface area (Å²) >= 11 is 1.13. The predicted octanol–water partition coefficient (Wildman–Crippen LogP) is 3.98. The Labute approximate surface area is 166 Å². The molecule has 7 nitrogen and oxygen atoms in total. The van der Waals surface area contributed by atoms with Crippen LogP contribution < -0.4 is 10.6 Å². The summed E-state index contributed by atoms with van der Waals surface area (Å²) in [7, 11) is 0. The summed E-state index contributed by atoms with van der Waals surface area (Å²) < 4.78 is 13.9. The normalized spacial score (nSPS) is 19.1. The maximum Gasteiger partial charge on any atom is 0.411 e. The Bertz CT molecular complexity index is 976. The number of ether oxygens (including phenoxy) is 1. The van der Waals surface area contributed by atoms with Crippen LogP contribution in [0, 0.1) is 0 Å². The highest BCUT2D eigenvalue weighted by Gasteiger charge is 2.26. The van der Waals surface area contributed by atoms with Crippen LogP contribution in [0.15, 0.2) is 48.5 Å². The molecule has 4 rings (SSSR count). The minimum Gasteiger partial charge on any atom is -0.446 e. The summed E-state index contributed by atoms with van der Waals surface area (Å²) in [4.78, 5) is 24.7. The maximum atomic E-state index is 12.6. The average Bonchev–Trinajstić information content (AvgIpc) is 3.16. The largest absolute Gasteiger partial charge is 0.446 e. The van der Waals surface area contributed by atoms with Crippen LogP contribution >= 0.6 is 11.7 Å². The fourth-order valence-corrected chi connectivity index (χ4v) is 3.91. The molecule has 1 saturated carbocycles. The number of carbonyl (C=O) groups is 2. The van der Waals surface area contributed by atoms with E-state index in [4.69, 9.17) is 4.74 Å². The standard InChI is InChI=1S/C20H20N4O3S/c25-19(13-9-10-17-18(11-13)24-28-23-17)21-15-7-4-8-16(12-15)27-20(26)22-14-5-2-1-3-6-14/h1-3,5-6,9-11,15-16H,4,7-8,12H2,(H,21,25)(H,22,26)/t15-,16+/m1/s1. The van der Waals surface area contributed by atoms with E-state index in [-0.39, 0.29) is 18.1 Å². The first-order valence-electron chi connectivity index (χ1n) is 9.23. The van der Waals surface area contributed by atoms with E-state index in [0.29, 0.717) is 17.7 Å². The van der Waals surface area contributed by atoms with E-state index in [9.17, 15) is 9.59 Å². The van der Waals surface area contributed by atoms with Gasteiger partial charge in [-0.15, -0.1) is 0 Å². The second-order valence-corrected chi connectivity index (χ2v) is 7.35. The lowest BCUT2D eigenvalue weighted by Gasteiger charge is -2.29. The zero-order chi connectivity index (χ0) is 19.3. The highest BCUT2D eigenvalue weighted by Crippen LogP contribution is 2.23. The third kappa shape index (κ3) is 4.45. The molecule has 1 aliphatic carbocycles. The van der Waals surface area contributed by atoms with Gasteiger partial charge in [-0.25, -0.2) is 4.79 Å². The number of hydrogen-bond donors (Lipinski definition) is 2. The van der Waals surface area contributed by atoms with Gasteiger partial charge in [0, 0.05) is 23.7 Å². The van der Waals surface area contributed by atoms with Gasteiger partial charge in [0.2, 0.25) is 0 Å². The molecule has 1 aliphatic rings. The Kier molecular flexibility index (Phi) is 5.48. The molecule has 0 saturated heterocycles. The molecule has 3 aromatic rings. The van der Waals surface area contributed by atoms with Gasteiger partial charge in [0.25, 0.3) is 5.91 Å². The number of rotatable bonds is 4. The fourth-order valence-electron chi connectivity index (χ4n) is 3.40. The fraction of sp³-hybridized carbons (Fsp3) is 0.300. The minimum absolute atomic E-state index is 0.0277. The molecule has 2 N–H and O–H groups in total. The van der Waals surface area contributed by atoms with Crippen LogP contribution in [0.5, 0.6) is 0 Å². The molecule has 1 fully saturated rings. The number of nitrogens with one attached hydrogen (secondary N) is 2. The number of fused-ring (bicyclic) bond motifs is 1. The summed E-state index contributed by atoms with van der Waals surface area (Å²) in [6, 6.07) is 14.5. The predicted molar refractivity (Wildman–Crippen MR) is 107 cm³/mol. The molecule has 0 unspecified atom stereocenters.